The number of carbonyl (C=O) groups is 2. The summed E-state index contributed by atoms with van der Waals surface area (Å²) in [5, 5.41) is 18.8. The smallest absolute Gasteiger partial charge is 0.303 e. The maximum atomic E-state index is 11.4. The number of aromatic nitrogens is 4. The van der Waals surface area contributed by atoms with Crippen molar-refractivity contribution >= 4 is 45.7 Å². The zero-order chi connectivity index (χ0) is 27.1. The van der Waals surface area contributed by atoms with Crippen LogP contribution >= 0.6 is 0 Å². The lowest BCUT2D eigenvalue weighted by Crippen LogP contribution is -2.05. The third-order valence-corrected chi connectivity index (χ3v) is 7.68. The number of allylic oxidation sites excluding steroid dienone is 1. The third-order valence-electron chi connectivity index (χ3n) is 7.68. The topological polar surface area (TPSA) is 132 Å². The largest absolute Gasteiger partial charge is 0.481 e. The molecule has 8 heteroatoms. The summed E-state index contributed by atoms with van der Waals surface area (Å²) in [6, 6.07) is 10.2. The van der Waals surface area contributed by atoms with E-state index >= 15 is 0 Å². The fourth-order valence-electron chi connectivity index (χ4n) is 5.47. The molecule has 8 nitrogen and oxygen atoms in total. The van der Waals surface area contributed by atoms with Gasteiger partial charge >= 0.3 is 11.9 Å². The minimum absolute atomic E-state index is 0.0104. The van der Waals surface area contributed by atoms with Crippen LogP contribution in [0.3, 0.4) is 0 Å². The summed E-state index contributed by atoms with van der Waals surface area (Å²) in [6.45, 7) is 8.17. The molecule has 196 valence electrons. The van der Waals surface area contributed by atoms with Crippen LogP contribution in [0.1, 0.15) is 84.4 Å². The average molecular weight is 513 g/mol. The van der Waals surface area contributed by atoms with Crippen LogP contribution in [0, 0.1) is 13.8 Å². The van der Waals surface area contributed by atoms with E-state index in [2.05, 4.69) is 35.9 Å². The Morgan fingerprint density at radius 3 is 2.34 bits per heavy atom. The van der Waals surface area contributed by atoms with Crippen LogP contribution in [-0.4, -0.2) is 42.1 Å². The van der Waals surface area contributed by atoms with E-state index in [0.29, 0.717) is 12.8 Å². The Labute approximate surface area is 220 Å². The number of H-pyrrole nitrogens is 2. The number of aliphatic carboxylic acids is 2. The molecular weight excluding hydrogens is 480 g/mol. The molecular formula is C30H32N4O4. The second kappa shape index (κ2) is 9.93. The van der Waals surface area contributed by atoms with E-state index < -0.39 is 11.9 Å². The van der Waals surface area contributed by atoms with Crippen LogP contribution in [0.25, 0.3) is 33.7 Å². The summed E-state index contributed by atoms with van der Waals surface area (Å²) >= 11 is 0. The second-order valence-electron chi connectivity index (χ2n) is 10.4. The molecule has 0 aromatic carbocycles. The van der Waals surface area contributed by atoms with Gasteiger partial charge in [0.1, 0.15) is 0 Å². The van der Waals surface area contributed by atoms with Crippen LogP contribution in [0.5, 0.6) is 0 Å². The minimum Gasteiger partial charge on any atom is -0.481 e. The molecule has 2 aliphatic heterocycles. The highest BCUT2D eigenvalue weighted by Crippen LogP contribution is 2.40. The molecule has 38 heavy (non-hydrogen) atoms. The highest BCUT2D eigenvalue weighted by molar-refractivity contribution is 5.84. The van der Waals surface area contributed by atoms with Crippen molar-refractivity contribution in [1.82, 2.24) is 19.9 Å². The monoisotopic (exact) mass is 512 g/mol. The van der Waals surface area contributed by atoms with Gasteiger partial charge < -0.3 is 20.2 Å². The Balaban J connectivity index is 1.83. The fraction of sp³-hybridized carbons (Fsp3) is 0.333. The number of aryl methyl sites for hydroxylation is 3. The number of nitrogens with zero attached hydrogens (tertiary/aromatic N) is 2. The minimum atomic E-state index is -0.856. The van der Waals surface area contributed by atoms with E-state index in [1.54, 1.807) is 0 Å². The van der Waals surface area contributed by atoms with Crippen LogP contribution in [-0.2, 0) is 16.0 Å². The summed E-state index contributed by atoms with van der Waals surface area (Å²) in [5.74, 6) is -1.73. The molecule has 4 N–H and O–H groups in total. The van der Waals surface area contributed by atoms with Gasteiger partial charge in [-0.1, -0.05) is 6.92 Å². The van der Waals surface area contributed by atoms with Gasteiger partial charge in [-0.15, -0.1) is 0 Å². The number of hydrogen-bond donors (Lipinski definition) is 4. The van der Waals surface area contributed by atoms with Crippen LogP contribution < -0.4 is 0 Å². The number of fused-ring (bicyclic) bond motifs is 8. The highest BCUT2D eigenvalue weighted by atomic mass is 16.4. The summed E-state index contributed by atoms with van der Waals surface area (Å²) < 4.78 is 0. The molecule has 0 spiro atoms. The quantitative estimate of drug-likeness (QED) is 0.308. The average Bonchev–Trinajstić information content (AvgIpc) is 3.53. The van der Waals surface area contributed by atoms with Gasteiger partial charge in [-0.25, -0.2) is 4.98 Å². The molecule has 0 saturated heterocycles. The second-order valence-corrected chi connectivity index (χ2v) is 10.4. The van der Waals surface area contributed by atoms with E-state index in [0.717, 1.165) is 67.1 Å². The lowest BCUT2D eigenvalue weighted by atomic mass is 9.87. The predicted octanol–water partition coefficient (Wildman–Crippen LogP) is 6.26. The van der Waals surface area contributed by atoms with E-state index in [9.17, 15) is 19.8 Å². The number of carboxylic acids is 2. The van der Waals surface area contributed by atoms with Crippen LogP contribution in [0.4, 0.5) is 0 Å². The summed E-state index contributed by atoms with van der Waals surface area (Å²) in [6.07, 6.45) is 2.94. The zero-order valence-electron chi connectivity index (χ0n) is 22.1. The number of hydrogen-bond acceptors (Lipinski definition) is 4. The van der Waals surface area contributed by atoms with Gasteiger partial charge in [0.2, 0.25) is 0 Å². The first kappa shape index (κ1) is 25.4. The molecule has 0 radical (unpaired) electrons. The van der Waals surface area contributed by atoms with Crippen LogP contribution in [0.15, 0.2) is 30.3 Å². The highest BCUT2D eigenvalue weighted by Gasteiger charge is 2.29. The Bertz CT molecular complexity index is 1640. The van der Waals surface area contributed by atoms with Crippen molar-refractivity contribution in [3.05, 3.63) is 69.8 Å². The first-order valence-electron chi connectivity index (χ1n) is 12.9. The van der Waals surface area contributed by atoms with Gasteiger partial charge in [0.15, 0.2) is 0 Å². The summed E-state index contributed by atoms with van der Waals surface area (Å²) in [5.41, 5.74) is 11.0. The number of nitrogens with one attached hydrogen (secondary N) is 2. The normalized spacial score (nSPS) is 16.9. The SMILES string of the molecule is CC1=Cc2cc3[nH]c(cc4nc(cc5[nH]c(cc1n2)cc5C)C(C)C4CCC(=O)O)c(CCC(=O)O)c3C. The van der Waals surface area contributed by atoms with Crippen molar-refractivity contribution in [2.75, 3.05) is 0 Å². The number of rotatable bonds is 6. The maximum absolute atomic E-state index is 11.4. The molecule has 0 aliphatic carbocycles. The lowest BCUT2D eigenvalue weighted by Gasteiger charge is -2.14. The summed E-state index contributed by atoms with van der Waals surface area (Å²) in [4.78, 5) is 39.7. The lowest BCUT2D eigenvalue weighted by molar-refractivity contribution is -0.138. The molecule has 0 amide bonds. The van der Waals surface area contributed by atoms with Gasteiger partial charge in [0.25, 0.3) is 0 Å². The molecule has 3 aromatic rings. The van der Waals surface area contributed by atoms with Crippen molar-refractivity contribution in [3.8, 4) is 0 Å². The Morgan fingerprint density at radius 1 is 0.868 bits per heavy atom. The third kappa shape index (κ3) is 4.98. The molecule has 5 heterocycles. The van der Waals surface area contributed by atoms with E-state index in [-0.39, 0.29) is 24.7 Å². The molecule has 0 saturated carbocycles. The van der Waals surface area contributed by atoms with Gasteiger partial charge in [-0.2, -0.15) is 0 Å². The van der Waals surface area contributed by atoms with Crippen molar-refractivity contribution in [3.63, 3.8) is 0 Å². The summed E-state index contributed by atoms with van der Waals surface area (Å²) in [7, 11) is 0. The van der Waals surface area contributed by atoms with Gasteiger partial charge in [0.05, 0.1) is 11.4 Å². The molecule has 8 bridgehead atoms. The number of aromatic amines is 2. The van der Waals surface area contributed by atoms with Crippen molar-refractivity contribution in [2.45, 2.75) is 65.2 Å². The van der Waals surface area contributed by atoms with Crippen LogP contribution in [0.2, 0.25) is 0 Å². The van der Waals surface area contributed by atoms with E-state index in [4.69, 9.17) is 9.97 Å². The fourth-order valence-corrected chi connectivity index (χ4v) is 5.47. The van der Waals surface area contributed by atoms with E-state index in [1.807, 2.05) is 38.1 Å². The van der Waals surface area contributed by atoms with Crippen molar-refractivity contribution < 1.29 is 19.8 Å². The molecule has 3 aromatic heterocycles. The molecule has 2 unspecified atom stereocenters. The Kier molecular flexibility index (Phi) is 6.65. The maximum Gasteiger partial charge on any atom is 0.303 e. The van der Waals surface area contributed by atoms with Crippen molar-refractivity contribution in [2.24, 2.45) is 0 Å². The molecule has 0 fully saturated rings. The van der Waals surface area contributed by atoms with Gasteiger partial charge in [-0.3, -0.25) is 14.6 Å². The standard InChI is InChI=1S/C30H32N4O4/c1-15-9-20-12-25-17(3)21(5-7-29(35)36)27(33-25)14-28-22(6-8-30(37)38)18(4)26(34-28)13-24-16(2)10-19(32-24)11-23(15)31-20/h9-14,18,22,32-33H,5-8H2,1-4H3,(H,35,36)(H,37,38). The molecule has 2 atom stereocenters. The zero-order valence-corrected chi connectivity index (χ0v) is 22.1. The number of carboxylic acid groups (broad SMARTS) is 2. The Hall–Kier alpha value is -4.20. The van der Waals surface area contributed by atoms with Crippen molar-refractivity contribution in [1.29, 1.82) is 0 Å². The van der Waals surface area contributed by atoms with Gasteiger partial charge in [0, 0.05) is 58.1 Å². The first-order valence-corrected chi connectivity index (χ1v) is 12.9. The van der Waals surface area contributed by atoms with Gasteiger partial charge in [-0.05, 0) is 92.3 Å². The molecule has 5 rings (SSSR count). The predicted molar refractivity (Wildman–Crippen MR) is 148 cm³/mol. The first-order chi connectivity index (χ1) is 18.1. The Morgan fingerprint density at radius 2 is 1.61 bits per heavy atom. The molecule has 2 aliphatic rings. The van der Waals surface area contributed by atoms with E-state index in [1.165, 1.54) is 0 Å².